The van der Waals surface area contributed by atoms with Gasteiger partial charge in [0.25, 0.3) is 0 Å². The zero-order valence-electron chi connectivity index (χ0n) is 69.0. The number of ether oxygens (including phenoxy) is 13. The number of rotatable bonds is 23. The van der Waals surface area contributed by atoms with Crippen LogP contribution in [0.5, 0.6) is 5.75 Å². The maximum atomic E-state index is 13.2. The van der Waals surface area contributed by atoms with Crippen LogP contribution in [0.3, 0.4) is 0 Å². The van der Waals surface area contributed by atoms with Crippen LogP contribution in [0.2, 0.25) is 5.02 Å². The van der Waals surface area contributed by atoms with Gasteiger partial charge in [0.1, 0.15) is 57.0 Å². The van der Waals surface area contributed by atoms with Crippen LogP contribution in [0.4, 0.5) is 8.78 Å². The lowest BCUT2D eigenvalue weighted by Gasteiger charge is -2.09. The molecule has 10 aromatic carbocycles. The summed E-state index contributed by atoms with van der Waals surface area (Å²) in [4.78, 5) is 140. The van der Waals surface area contributed by atoms with Gasteiger partial charge in [-0.25, -0.2) is 56.7 Å². The molecule has 0 N–H and O–H groups in total. The molecule has 16 rings (SSSR count). The molecule has 25 nitrogen and oxygen atoms in total. The van der Waals surface area contributed by atoms with Gasteiger partial charge in [0, 0.05) is 27.8 Å². The van der Waals surface area contributed by atoms with Gasteiger partial charge >= 0.3 is 71.6 Å². The predicted octanol–water partition coefficient (Wildman–Crippen LogP) is 17.8. The molecule has 0 saturated heterocycles. The molecule has 6 heterocycles. The first kappa shape index (κ1) is 96.3. The van der Waals surface area contributed by atoms with E-state index in [1.54, 1.807) is 189 Å². The first-order valence-electron chi connectivity index (χ1n) is 39.5. The zero-order valence-corrected chi connectivity index (χ0v) is 74.5. The van der Waals surface area contributed by atoms with Crippen molar-refractivity contribution in [3.63, 3.8) is 0 Å². The molecule has 0 saturated carbocycles. The molecule has 0 aliphatic carbocycles. The molecule has 0 aromatic heterocycles. The van der Waals surface area contributed by atoms with Gasteiger partial charge in [-0.1, -0.05) is 183 Å². The van der Waals surface area contributed by atoms with E-state index in [-0.39, 0.29) is 50.8 Å². The Bertz CT molecular complexity index is 5650. The van der Waals surface area contributed by atoms with Crippen molar-refractivity contribution >= 4 is 164 Å². The Morgan fingerprint density at radius 2 is 0.546 bits per heavy atom. The third-order valence-corrected chi connectivity index (χ3v) is 20.4. The Balaban J connectivity index is 0.000000151. The highest BCUT2D eigenvalue weighted by Gasteiger charge is 2.34. The van der Waals surface area contributed by atoms with Gasteiger partial charge in [-0.15, -0.1) is 0 Å². The highest BCUT2D eigenvalue weighted by molar-refractivity contribution is 9.11. The van der Waals surface area contributed by atoms with Crippen molar-refractivity contribution in [3.8, 4) is 5.75 Å². The van der Waals surface area contributed by atoms with Crippen molar-refractivity contribution < 1.29 is 128 Å². The summed E-state index contributed by atoms with van der Waals surface area (Å²) in [5, 5.41) is 0.537. The standard InChI is InChI=1S/C19H15BrO5.C18H13BrO4.C18H13ClO4.C18H13FO4.C13H11BrO4.C13H11FO4/c1-23-17-8-7-13(9-16(17)20)15-10-14(25-19(15)22)11-24-18(21)12-5-3-2-4-6-12;3*19-14-8-4-7-13(9-14)16-10-15(23-18(16)21)11-22-17(20)12-5-2-1-3-6-12;2*1-8(15)17-7-11-6-12(13(16)18-11)9-3-2-4-10(14)5-9/h2-10,14H,11H2,1H3;3*1-10,15H,11H2;2*2-6,11H,7H2,1H3. The quantitative estimate of drug-likeness (QED) is 0.0424. The number of halogens is 6. The smallest absolute Gasteiger partial charge is 0.339 e. The van der Waals surface area contributed by atoms with Gasteiger partial charge in [-0.05, 0) is 207 Å². The number of carbonyl (C=O) groups is 12. The molecular formula is C99H76Br3ClF2O25. The van der Waals surface area contributed by atoms with Gasteiger partial charge in [0.15, 0.2) is 36.6 Å². The van der Waals surface area contributed by atoms with E-state index in [9.17, 15) is 66.3 Å². The van der Waals surface area contributed by atoms with E-state index in [0.717, 1.165) is 24.5 Å². The Morgan fingerprint density at radius 1 is 0.300 bits per heavy atom. The van der Waals surface area contributed by atoms with Crippen molar-refractivity contribution in [2.45, 2.75) is 50.5 Å². The third-order valence-electron chi connectivity index (χ3n) is 18.6. The zero-order chi connectivity index (χ0) is 92.8. The van der Waals surface area contributed by atoms with Crippen molar-refractivity contribution in [1.82, 2.24) is 0 Å². The topological polar surface area (TPSA) is 325 Å². The van der Waals surface area contributed by atoms with Crippen molar-refractivity contribution in [3.05, 3.63) is 383 Å². The first-order valence-corrected chi connectivity index (χ1v) is 42.2. The SMILES string of the molecule is CC(=O)OCC1C=C(c2cccc(Br)c2)C(=O)O1.CC(=O)OCC1C=C(c2cccc(F)c2)C(=O)O1.COc1ccc(C2=CC(COC(=O)c3ccccc3)OC2=O)cc1Br.O=C1OC(COC(=O)c2ccccc2)C=C1c1cccc(Br)c1.O=C1OC(COC(=O)c2ccccc2)C=C1c1cccc(Cl)c1.O=C1OC(COC(=O)c2ccccc2)C=C1c1cccc(F)c1. The summed E-state index contributed by atoms with van der Waals surface area (Å²) in [6.45, 7) is 2.47. The Labute approximate surface area is 773 Å². The van der Waals surface area contributed by atoms with Crippen LogP contribution < -0.4 is 4.74 Å². The fraction of sp³-hybridized carbons (Fsp3) is 0.152. The summed E-state index contributed by atoms with van der Waals surface area (Å²) in [6.07, 6.45) is 6.18. The molecule has 31 heteroatoms. The van der Waals surface area contributed by atoms with Gasteiger partial charge in [0.05, 0.1) is 67.3 Å². The highest BCUT2D eigenvalue weighted by Crippen LogP contribution is 2.35. The maximum absolute atomic E-state index is 13.2. The first-order chi connectivity index (χ1) is 62.6. The molecule has 130 heavy (non-hydrogen) atoms. The Morgan fingerprint density at radius 3 is 0.792 bits per heavy atom. The Hall–Kier alpha value is -14.3. The second-order valence-electron chi connectivity index (χ2n) is 28.0. The van der Waals surface area contributed by atoms with Crippen LogP contribution in [0.15, 0.2) is 311 Å². The van der Waals surface area contributed by atoms with E-state index >= 15 is 0 Å². The average Bonchev–Trinajstić information content (AvgIpc) is 1.59. The largest absolute Gasteiger partial charge is 0.496 e. The molecule has 6 unspecified atom stereocenters. The van der Waals surface area contributed by atoms with E-state index < -0.39 is 120 Å². The summed E-state index contributed by atoms with van der Waals surface area (Å²) in [5.74, 6) is -5.68. The van der Waals surface area contributed by atoms with Crippen LogP contribution in [0.1, 0.15) is 88.7 Å². The third kappa shape index (κ3) is 28.6. The van der Waals surface area contributed by atoms with Gasteiger partial charge in [-0.3, -0.25) is 9.59 Å². The molecule has 0 radical (unpaired) electrons. The summed E-state index contributed by atoms with van der Waals surface area (Å²) in [7, 11) is 1.57. The minimum Gasteiger partial charge on any atom is -0.496 e. The molecule has 0 amide bonds. The van der Waals surface area contributed by atoms with E-state index in [2.05, 4.69) is 47.8 Å². The lowest BCUT2D eigenvalue weighted by Crippen LogP contribution is -2.18. The predicted molar refractivity (Wildman–Crippen MR) is 481 cm³/mol. The molecule has 6 aliphatic rings. The molecule has 6 atom stereocenters. The lowest BCUT2D eigenvalue weighted by atomic mass is 10.1. The lowest BCUT2D eigenvalue weighted by molar-refractivity contribution is -0.149. The molecular weight excluding hydrogens is 1900 g/mol. The molecule has 0 fully saturated rings. The van der Waals surface area contributed by atoms with Crippen molar-refractivity contribution in [2.75, 3.05) is 46.8 Å². The number of hydrogen-bond acceptors (Lipinski definition) is 25. The number of carbonyl (C=O) groups excluding carboxylic acids is 12. The monoisotopic (exact) mass is 1970 g/mol. The maximum Gasteiger partial charge on any atom is 0.339 e. The minimum absolute atomic E-state index is 0.00301. The van der Waals surface area contributed by atoms with Gasteiger partial charge in [0.2, 0.25) is 0 Å². The van der Waals surface area contributed by atoms with Crippen molar-refractivity contribution in [2.24, 2.45) is 0 Å². The van der Waals surface area contributed by atoms with Crippen LogP contribution in [-0.4, -0.2) is 155 Å². The van der Waals surface area contributed by atoms with Crippen LogP contribution >= 0.6 is 59.4 Å². The minimum atomic E-state index is -0.673. The van der Waals surface area contributed by atoms with E-state index in [0.29, 0.717) is 77.6 Å². The molecule has 0 spiro atoms. The summed E-state index contributed by atoms with van der Waals surface area (Å²) >= 11 is 16.0. The van der Waals surface area contributed by atoms with Crippen LogP contribution in [0.25, 0.3) is 33.4 Å². The number of methoxy groups -OCH3 is 1. The number of benzene rings is 10. The molecule has 10 aromatic rings. The van der Waals surface area contributed by atoms with Crippen LogP contribution in [0, 0.1) is 11.6 Å². The number of cyclic esters (lactones) is 6. The highest BCUT2D eigenvalue weighted by atomic mass is 79.9. The average molecular weight is 1980 g/mol. The van der Waals surface area contributed by atoms with E-state index in [1.165, 1.54) is 62.4 Å². The van der Waals surface area contributed by atoms with Gasteiger partial charge in [-0.2, -0.15) is 0 Å². The Kier molecular flexibility index (Phi) is 35.2. The second kappa shape index (κ2) is 47.5. The number of esters is 12. The molecule has 0 bridgehead atoms. The van der Waals surface area contributed by atoms with Gasteiger partial charge < -0.3 is 61.6 Å². The normalized spacial score (nSPS) is 17.0. The summed E-state index contributed by atoms with van der Waals surface area (Å²) in [5.41, 5.74) is 7.99. The summed E-state index contributed by atoms with van der Waals surface area (Å²) in [6, 6.07) is 72.9. The molecule has 6 aliphatic heterocycles. The van der Waals surface area contributed by atoms with Crippen molar-refractivity contribution in [1.29, 1.82) is 0 Å². The van der Waals surface area contributed by atoms with E-state index in [1.807, 2.05) is 66.7 Å². The fourth-order valence-electron chi connectivity index (χ4n) is 12.5. The molecule has 664 valence electrons. The summed E-state index contributed by atoms with van der Waals surface area (Å²) < 4.78 is 95.1. The fourth-order valence-corrected chi connectivity index (χ4v) is 14.0. The second-order valence-corrected chi connectivity index (χ2v) is 31.1. The number of hydrogen-bond donors (Lipinski definition) is 0. The van der Waals surface area contributed by atoms with E-state index in [4.69, 9.17) is 73.2 Å². The van der Waals surface area contributed by atoms with Crippen LogP contribution in [-0.2, 0) is 95.2 Å².